The molecular weight excluding hydrogens is 492 g/mol. The standard InChI is InChI=1S/C29H23ClN2O5/c1-15-10-11-16(30)12-21(15)31-22(33)14-37-23(34)13-32-28(35)26-24-17-6-2-3-7-18(17)25(27(26)29(32)36)20-9-5-4-8-19(20)24/h2-12,24-27H,13-14H2,1H3,(H,31,33)/t24?,25?,26-,27-/m1/s1. The Morgan fingerprint density at radius 3 is 1.89 bits per heavy atom. The summed E-state index contributed by atoms with van der Waals surface area (Å²) < 4.78 is 5.12. The van der Waals surface area contributed by atoms with E-state index in [0.717, 1.165) is 32.7 Å². The lowest BCUT2D eigenvalue weighted by molar-refractivity contribution is -0.154. The van der Waals surface area contributed by atoms with Crippen LogP contribution >= 0.6 is 11.6 Å². The molecule has 1 saturated heterocycles. The van der Waals surface area contributed by atoms with Crippen molar-refractivity contribution in [3.05, 3.63) is 99.6 Å². The van der Waals surface area contributed by atoms with E-state index in [2.05, 4.69) is 5.32 Å². The van der Waals surface area contributed by atoms with Crippen molar-refractivity contribution < 1.29 is 23.9 Å². The lowest BCUT2D eigenvalue weighted by atomic mass is 9.55. The smallest absolute Gasteiger partial charge is 0.326 e. The van der Waals surface area contributed by atoms with Crippen molar-refractivity contribution in [3.63, 3.8) is 0 Å². The van der Waals surface area contributed by atoms with Crippen molar-refractivity contribution >= 4 is 41.0 Å². The number of rotatable bonds is 5. The first-order valence-corrected chi connectivity index (χ1v) is 12.5. The zero-order valence-corrected chi connectivity index (χ0v) is 20.7. The van der Waals surface area contributed by atoms with Crippen molar-refractivity contribution in [2.24, 2.45) is 11.8 Å². The number of anilines is 1. The molecule has 3 aromatic carbocycles. The summed E-state index contributed by atoms with van der Waals surface area (Å²) in [6, 6.07) is 20.9. The van der Waals surface area contributed by atoms with Gasteiger partial charge in [-0.25, -0.2) is 0 Å². The molecule has 0 aromatic heterocycles. The summed E-state index contributed by atoms with van der Waals surface area (Å²) in [5, 5.41) is 3.11. The summed E-state index contributed by atoms with van der Waals surface area (Å²) in [6.07, 6.45) is 0. The summed E-state index contributed by atoms with van der Waals surface area (Å²) in [6.45, 7) is 0.738. The SMILES string of the molecule is Cc1ccc(Cl)cc1NC(=O)COC(=O)CN1C(=O)[C@@H]2C3c4ccccc4C(c4ccccc43)[C@H]2C1=O. The quantitative estimate of drug-likeness (QED) is 0.410. The molecule has 1 heterocycles. The minimum atomic E-state index is -0.819. The Bertz CT molecular complexity index is 1370. The maximum Gasteiger partial charge on any atom is 0.326 e. The second-order valence-electron chi connectivity index (χ2n) is 9.70. The molecule has 1 aliphatic heterocycles. The van der Waals surface area contributed by atoms with Gasteiger partial charge in [0.05, 0.1) is 11.8 Å². The number of benzene rings is 3. The Morgan fingerprint density at radius 2 is 1.38 bits per heavy atom. The average Bonchev–Trinajstić information content (AvgIpc) is 3.15. The summed E-state index contributed by atoms with van der Waals surface area (Å²) in [7, 11) is 0. The average molecular weight is 515 g/mol. The normalized spacial score (nSPS) is 22.8. The number of amides is 3. The monoisotopic (exact) mass is 514 g/mol. The molecule has 4 aliphatic rings. The van der Waals surface area contributed by atoms with Gasteiger partial charge in [0.1, 0.15) is 6.54 Å². The molecule has 0 radical (unpaired) electrons. The number of halogens is 1. The van der Waals surface area contributed by atoms with Gasteiger partial charge >= 0.3 is 5.97 Å². The number of hydrogen-bond donors (Lipinski definition) is 1. The highest BCUT2D eigenvalue weighted by atomic mass is 35.5. The van der Waals surface area contributed by atoms with Gasteiger partial charge in [-0.15, -0.1) is 0 Å². The van der Waals surface area contributed by atoms with Crippen molar-refractivity contribution in [3.8, 4) is 0 Å². The fourth-order valence-corrected chi connectivity index (χ4v) is 6.30. The molecule has 3 aliphatic carbocycles. The van der Waals surface area contributed by atoms with E-state index in [1.165, 1.54) is 0 Å². The summed E-state index contributed by atoms with van der Waals surface area (Å²) in [5.41, 5.74) is 5.56. The molecule has 7 nitrogen and oxygen atoms in total. The summed E-state index contributed by atoms with van der Waals surface area (Å²) in [4.78, 5) is 53.0. The van der Waals surface area contributed by atoms with Crippen LogP contribution in [-0.4, -0.2) is 41.7 Å². The van der Waals surface area contributed by atoms with Crippen LogP contribution in [0.5, 0.6) is 0 Å². The number of carbonyl (C=O) groups excluding carboxylic acids is 4. The molecule has 186 valence electrons. The molecule has 7 rings (SSSR count). The second kappa shape index (κ2) is 8.85. The van der Waals surface area contributed by atoms with E-state index < -0.39 is 36.9 Å². The molecule has 37 heavy (non-hydrogen) atoms. The van der Waals surface area contributed by atoms with Crippen molar-refractivity contribution in [2.45, 2.75) is 18.8 Å². The summed E-state index contributed by atoms with van der Waals surface area (Å²) in [5.74, 6) is -3.72. The molecule has 3 amide bonds. The number of carbonyl (C=O) groups is 4. The lowest BCUT2D eigenvalue weighted by Crippen LogP contribution is -2.41. The molecule has 0 spiro atoms. The molecule has 2 atom stereocenters. The van der Waals surface area contributed by atoms with Gasteiger partial charge in [-0.2, -0.15) is 0 Å². The third-order valence-corrected chi connectivity index (χ3v) is 7.90. The maximum atomic E-state index is 13.5. The van der Waals surface area contributed by atoms with Crippen LogP contribution in [-0.2, 0) is 23.9 Å². The minimum Gasteiger partial charge on any atom is -0.454 e. The van der Waals surface area contributed by atoms with Crippen LogP contribution in [0.4, 0.5) is 5.69 Å². The maximum absolute atomic E-state index is 13.5. The van der Waals surface area contributed by atoms with Crippen LogP contribution in [0, 0.1) is 18.8 Å². The minimum absolute atomic E-state index is 0.244. The Labute approximate surface area is 218 Å². The van der Waals surface area contributed by atoms with E-state index in [1.54, 1.807) is 18.2 Å². The number of likely N-dealkylation sites (tertiary alicyclic amines) is 1. The predicted molar refractivity (Wildman–Crippen MR) is 136 cm³/mol. The third-order valence-electron chi connectivity index (χ3n) is 7.66. The van der Waals surface area contributed by atoms with Gasteiger partial charge in [0.2, 0.25) is 11.8 Å². The van der Waals surface area contributed by atoms with Gasteiger partial charge in [0, 0.05) is 22.5 Å². The fourth-order valence-electron chi connectivity index (χ4n) is 6.13. The second-order valence-corrected chi connectivity index (χ2v) is 10.1. The Kier molecular flexibility index (Phi) is 5.60. The van der Waals surface area contributed by atoms with E-state index in [9.17, 15) is 19.2 Å². The fraction of sp³-hybridized carbons (Fsp3) is 0.241. The highest BCUT2D eigenvalue weighted by Gasteiger charge is 2.61. The molecular formula is C29H23ClN2O5. The van der Waals surface area contributed by atoms with E-state index in [1.807, 2.05) is 55.5 Å². The van der Waals surface area contributed by atoms with Crippen LogP contribution < -0.4 is 5.32 Å². The molecule has 1 N–H and O–H groups in total. The molecule has 8 heteroatoms. The molecule has 0 saturated carbocycles. The number of imide groups is 1. The van der Waals surface area contributed by atoms with Crippen LogP contribution in [0.1, 0.15) is 39.7 Å². The van der Waals surface area contributed by atoms with E-state index >= 15 is 0 Å². The molecule has 1 fully saturated rings. The van der Waals surface area contributed by atoms with Crippen molar-refractivity contribution in [2.75, 3.05) is 18.5 Å². The van der Waals surface area contributed by atoms with Gasteiger partial charge in [0.15, 0.2) is 6.61 Å². The zero-order valence-electron chi connectivity index (χ0n) is 19.9. The van der Waals surface area contributed by atoms with Crippen LogP contribution in [0.15, 0.2) is 66.7 Å². The predicted octanol–water partition coefficient (Wildman–Crippen LogP) is 4.02. The van der Waals surface area contributed by atoms with Crippen LogP contribution in [0.3, 0.4) is 0 Å². The number of hydrogen-bond acceptors (Lipinski definition) is 5. The third kappa shape index (κ3) is 3.73. The molecule has 0 unspecified atom stereocenters. The largest absolute Gasteiger partial charge is 0.454 e. The Hall–Kier alpha value is -3.97. The molecule has 2 bridgehead atoms. The highest BCUT2D eigenvalue weighted by Crippen LogP contribution is 2.60. The first kappa shape index (κ1) is 23.4. The van der Waals surface area contributed by atoms with Crippen LogP contribution in [0.25, 0.3) is 0 Å². The topological polar surface area (TPSA) is 92.8 Å². The van der Waals surface area contributed by atoms with E-state index in [-0.39, 0.29) is 23.7 Å². The zero-order chi connectivity index (χ0) is 25.8. The number of nitrogens with one attached hydrogen (secondary N) is 1. The summed E-state index contributed by atoms with van der Waals surface area (Å²) >= 11 is 5.98. The Balaban J connectivity index is 1.18. The van der Waals surface area contributed by atoms with E-state index in [0.29, 0.717) is 10.7 Å². The first-order valence-electron chi connectivity index (χ1n) is 12.1. The van der Waals surface area contributed by atoms with Gasteiger partial charge in [0.25, 0.3) is 5.91 Å². The highest BCUT2D eigenvalue weighted by molar-refractivity contribution is 6.31. The Morgan fingerprint density at radius 1 is 0.865 bits per heavy atom. The van der Waals surface area contributed by atoms with Gasteiger partial charge < -0.3 is 10.1 Å². The van der Waals surface area contributed by atoms with Crippen molar-refractivity contribution in [1.82, 2.24) is 4.90 Å². The number of ether oxygens (including phenoxy) is 1. The van der Waals surface area contributed by atoms with Gasteiger partial charge in [-0.1, -0.05) is 66.2 Å². The lowest BCUT2D eigenvalue weighted by Gasteiger charge is -2.45. The molecule has 3 aromatic rings. The van der Waals surface area contributed by atoms with E-state index in [4.69, 9.17) is 16.3 Å². The number of esters is 1. The van der Waals surface area contributed by atoms with Gasteiger partial charge in [-0.05, 0) is 46.9 Å². The van der Waals surface area contributed by atoms with Gasteiger partial charge in [-0.3, -0.25) is 24.1 Å². The number of aryl methyl sites for hydroxylation is 1. The number of nitrogens with zero attached hydrogens (tertiary/aromatic N) is 1. The van der Waals surface area contributed by atoms with Crippen molar-refractivity contribution in [1.29, 1.82) is 0 Å². The van der Waals surface area contributed by atoms with Crippen LogP contribution in [0.2, 0.25) is 5.02 Å². The first-order chi connectivity index (χ1) is 17.8.